The Morgan fingerprint density at radius 2 is 1.89 bits per heavy atom. The van der Waals surface area contributed by atoms with E-state index in [1.807, 2.05) is 58.0 Å². The lowest BCUT2D eigenvalue weighted by Gasteiger charge is -2.48. The van der Waals surface area contributed by atoms with Crippen LogP contribution < -0.4 is 5.32 Å². The van der Waals surface area contributed by atoms with E-state index < -0.39 is 17.5 Å². The van der Waals surface area contributed by atoms with Gasteiger partial charge in [-0.1, -0.05) is 49.7 Å². The van der Waals surface area contributed by atoms with Crippen molar-refractivity contribution >= 4 is 42.3 Å². The molecule has 1 aliphatic carbocycles. The third-order valence-electron chi connectivity index (χ3n) is 6.63. The average Bonchev–Trinajstić information content (AvgIpc) is 3.32. The van der Waals surface area contributed by atoms with E-state index in [0.29, 0.717) is 36.5 Å². The number of ketones is 1. The molecule has 0 aliphatic heterocycles. The zero-order valence-corrected chi connectivity index (χ0v) is 24.6. The lowest BCUT2D eigenvalue weighted by Crippen LogP contribution is -2.65. The van der Waals surface area contributed by atoms with Crippen molar-refractivity contribution in [2.45, 2.75) is 76.2 Å². The Balaban J connectivity index is 0.00000507. The number of amides is 2. The van der Waals surface area contributed by atoms with Gasteiger partial charge in [0.1, 0.15) is 11.7 Å². The number of aryl methyl sites for hydroxylation is 1. The summed E-state index contributed by atoms with van der Waals surface area (Å²) in [5, 5.41) is 11.5. The first-order valence-electron chi connectivity index (χ1n) is 12.9. The van der Waals surface area contributed by atoms with Crippen molar-refractivity contribution in [3.8, 4) is 0 Å². The molecule has 1 aromatic carbocycles. The highest BCUT2D eigenvalue weighted by Crippen LogP contribution is 2.35. The number of nitrogens with one attached hydrogen (secondary N) is 1. The Kier molecular flexibility index (Phi) is 12.3. The van der Waals surface area contributed by atoms with Gasteiger partial charge in [0.05, 0.1) is 0 Å². The Bertz CT molecular complexity index is 1070. The Morgan fingerprint density at radius 1 is 1.18 bits per heavy atom. The number of halogens is 1. The molecule has 1 heterocycles. The molecule has 38 heavy (non-hydrogen) atoms. The summed E-state index contributed by atoms with van der Waals surface area (Å²) >= 11 is 1.39. The van der Waals surface area contributed by atoms with Crippen LogP contribution in [0.25, 0.3) is 0 Å². The third-order valence-corrected chi connectivity index (χ3v) is 7.43. The Hall–Kier alpha value is -2.43. The average molecular weight is 566 g/mol. The Morgan fingerprint density at radius 3 is 2.50 bits per heavy atom. The number of hydrogen-bond donors (Lipinski definition) is 1. The molecule has 9 nitrogen and oxygen atoms in total. The zero-order chi connectivity index (χ0) is 27.0. The SMILES string of the molecule is Cc1cccc(C(=O)NC2(N(C=O)C(CC(C)C)C(=O)c3nnc(SCCN(C)C)o3)CCCCC2)c1.Cl. The lowest BCUT2D eigenvalue weighted by atomic mass is 9.84. The monoisotopic (exact) mass is 565 g/mol. The van der Waals surface area contributed by atoms with Crippen LogP contribution in [-0.2, 0) is 4.79 Å². The summed E-state index contributed by atoms with van der Waals surface area (Å²) in [7, 11) is 3.96. The van der Waals surface area contributed by atoms with Crippen LogP contribution >= 0.6 is 24.2 Å². The van der Waals surface area contributed by atoms with E-state index >= 15 is 0 Å². The highest BCUT2D eigenvalue weighted by Gasteiger charge is 2.45. The van der Waals surface area contributed by atoms with Crippen LogP contribution in [0, 0.1) is 12.8 Å². The molecule has 11 heteroatoms. The summed E-state index contributed by atoms with van der Waals surface area (Å²) in [6.07, 6.45) is 4.94. The summed E-state index contributed by atoms with van der Waals surface area (Å²) in [6, 6.07) is 6.51. The second kappa shape index (κ2) is 14.6. The number of aromatic nitrogens is 2. The molecular weight excluding hydrogens is 526 g/mol. The van der Waals surface area contributed by atoms with Gasteiger partial charge in [0.2, 0.25) is 12.2 Å². The van der Waals surface area contributed by atoms with Crippen molar-refractivity contribution in [2.75, 3.05) is 26.4 Å². The smallest absolute Gasteiger partial charge is 0.286 e. The molecule has 3 rings (SSSR count). The van der Waals surface area contributed by atoms with Gasteiger partial charge >= 0.3 is 0 Å². The van der Waals surface area contributed by atoms with E-state index in [9.17, 15) is 14.4 Å². The molecule has 1 atom stereocenters. The fourth-order valence-corrected chi connectivity index (χ4v) is 5.61. The predicted octanol–water partition coefficient (Wildman–Crippen LogP) is 4.60. The van der Waals surface area contributed by atoms with Crippen molar-refractivity contribution in [3.05, 3.63) is 41.3 Å². The van der Waals surface area contributed by atoms with Crippen LogP contribution in [0.3, 0.4) is 0 Å². The highest BCUT2D eigenvalue weighted by atomic mass is 35.5. The molecular formula is C27H40ClN5O4S. The molecule has 210 valence electrons. The number of carbonyl (C=O) groups excluding carboxylic acids is 3. The van der Waals surface area contributed by atoms with Crippen LogP contribution in [0.2, 0.25) is 0 Å². The summed E-state index contributed by atoms with van der Waals surface area (Å²) < 4.78 is 5.71. The summed E-state index contributed by atoms with van der Waals surface area (Å²) in [4.78, 5) is 43.3. The second-order valence-electron chi connectivity index (χ2n) is 10.5. The maximum atomic E-state index is 13.7. The number of benzene rings is 1. The fraction of sp³-hybridized carbons (Fsp3) is 0.593. The van der Waals surface area contributed by atoms with E-state index in [4.69, 9.17) is 4.42 Å². The number of rotatable bonds is 13. The third kappa shape index (κ3) is 8.28. The molecule has 1 aromatic heterocycles. The van der Waals surface area contributed by atoms with Gasteiger partial charge in [0.25, 0.3) is 17.0 Å². The maximum Gasteiger partial charge on any atom is 0.286 e. The highest BCUT2D eigenvalue weighted by molar-refractivity contribution is 7.99. The van der Waals surface area contributed by atoms with Gasteiger partial charge in [-0.3, -0.25) is 14.4 Å². The minimum absolute atomic E-state index is 0. The van der Waals surface area contributed by atoms with Crippen LogP contribution in [-0.4, -0.2) is 76.2 Å². The van der Waals surface area contributed by atoms with E-state index in [0.717, 1.165) is 37.1 Å². The molecule has 1 N–H and O–H groups in total. The van der Waals surface area contributed by atoms with Crippen LogP contribution in [0.4, 0.5) is 0 Å². The second-order valence-corrected chi connectivity index (χ2v) is 11.5. The number of carbonyl (C=O) groups is 3. The molecule has 0 spiro atoms. The molecule has 1 saturated carbocycles. The van der Waals surface area contributed by atoms with Crippen molar-refractivity contribution in [1.82, 2.24) is 25.3 Å². The molecule has 1 unspecified atom stereocenters. The van der Waals surface area contributed by atoms with E-state index in [1.165, 1.54) is 16.7 Å². The van der Waals surface area contributed by atoms with Gasteiger partial charge in [-0.15, -0.1) is 22.6 Å². The zero-order valence-electron chi connectivity index (χ0n) is 22.9. The van der Waals surface area contributed by atoms with E-state index in [2.05, 4.69) is 15.5 Å². The quantitative estimate of drug-likeness (QED) is 0.162. The number of thioether (sulfide) groups is 1. The standard InChI is InChI=1S/C27H39N5O4S.ClH/c1-19(2)16-22(23(34)25-29-30-26(36-25)37-15-14-31(4)5)32(18-33)27(12-7-6-8-13-27)28-24(35)21-11-9-10-20(3)17-21;/h9-11,17-19,22H,6-8,12-16H2,1-5H3,(H,28,35);1H. The topological polar surface area (TPSA) is 109 Å². The van der Waals surface area contributed by atoms with Crippen molar-refractivity contribution < 1.29 is 18.8 Å². The van der Waals surface area contributed by atoms with Crippen molar-refractivity contribution in [3.63, 3.8) is 0 Å². The summed E-state index contributed by atoms with van der Waals surface area (Å²) in [5.41, 5.74) is 0.527. The molecule has 1 fully saturated rings. The fourth-order valence-electron chi connectivity index (χ4n) is 4.75. The molecule has 2 amide bonds. The molecule has 1 aliphatic rings. The molecule has 0 saturated heterocycles. The van der Waals surface area contributed by atoms with Crippen LogP contribution in [0.5, 0.6) is 0 Å². The first-order chi connectivity index (χ1) is 17.6. The number of nitrogens with zero attached hydrogens (tertiary/aromatic N) is 4. The minimum atomic E-state index is -0.973. The summed E-state index contributed by atoms with van der Waals surface area (Å²) in [5.74, 6) is 0.0857. The van der Waals surface area contributed by atoms with Crippen LogP contribution in [0.1, 0.15) is 79.0 Å². The first-order valence-corrected chi connectivity index (χ1v) is 13.9. The van der Waals surface area contributed by atoms with Crippen LogP contribution in [0.15, 0.2) is 33.9 Å². The van der Waals surface area contributed by atoms with Gasteiger partial charge < -0.3 is 19.5 Å². The lowest BCUT2D eigenvalue weighted by molar-refractivity contribution is -0.129. The van der Waals surface area contributed by atoms with Crippen molar-refractivity contribution in [2.24, 2.45) is 5.92 Å². The first kappa shape index (κ1) is 31.8. The van der Waals surface area contributed by atoms with Crippen molar-refractivity contribution in [1.29, 1.82) is 0 Å². The maximum absolute atomic E-state index is 13.7. The minimum Gasteiger partial charge on any atom is -0.408 e. The predicted molar refractivity (Wildman–Crippen MR) is 151 cm³/mol. The van der Waals surface area contributed by atoms with Gasteiger partial charge in [0, 0.05) is 17.9 Å². The molecule has 0 bridgehead atoms. The molecule has 0 radical (unpaired) electrons. The van der Waals surface area contributed by atoms with Gasteiger partial charge in [-0.05, 0) is 71.2 Å². The number of Topliss-reactive ketones (excluding diaryl/α,β-unsaturated/α-hetero) is 1. The molecule has 2 aromatic rings. The number of hydrogen-bond acceptors (Lipinski definition) is 8. The van der Waals surface area contributed by atoms with E-state index in [1.54, 1.807) is 6.07 Å². The van der Waals surface area contributed by atoms with Gasteiger partial charge in [-0.2, -0.15) is 0 Å². The largest absolute Gasteiger partial charge is 0.408 e. The van der Waals surface area contributed by atoms with Gasteiger partial charge in [0.15, 0.2) is 0 Å². The van der Waals surface area contributed by atoms with Gasteiger partial charge in [-0.25, -0.2) is 0 Å². The Labute approximate surface area is 235 Å². The summed E-state index contributed by atoms with van der Waals surface area (Å²) in [6.45, 7) is 6.75. The normalized spacial score (nSPS) is 15.6. The van der Waals surface area contributed by atoms with E-state index in [-0.39, 0.29) is 30.1 Å².